The maximum Gasteiger partial charge on any atom is 0.355 e. The molecule has 1 aliphatic rings. The molecule has 0 bridgehead atoms. The van der Waals surface area contributed by atoms with E-state index in [1.807, 2.05) is 38.1 Å². The molecule has 2 aromatic rings. The number of ether oxygens (including phenoxy) is 3. The topological polar surface area (TPSA) is 94.2 Å². The van der Waals surface area contributed by atoms with Crippen molar-refractivity contribution in [2.75, 3.05) is 37.8 Å². The first kappa shape index (κ1) is 23.0. The van der Waals surface area contributed by atoms with Crippen LogP contribution in [0, 0.1) is 0 Å². The van der Waals surface area contributed by atoms with Crippen molar-refractivity contribution >= 4 is 29.2 Å². The van der Waals surface area contributed by atoms with Crippen LogP contribution in [0.2, 0.25) is 0 Å². The minimum Gasteiger partial charge on any atom is -0.466 e. The Bertz CT molecular complexity index is 1060. The first-order valence-corrected chi connectivity index (χ1v) is 10.1. The Labute approximate surface area is 186 Å². The number of rotatable bonds is 6. The third-order valence-electron chi connectivity index (χ3n) is 5.10. The number of methoxy groups -OCH3 is 2. The van der Waals surface area contributed by atoms with E-state index in [1.165, 1.54) is 19.1 Å². The fourth-order valence-corrected chi connectivity index (χ4v) is 3.54. The Balaban J connectivity index is 2.05. The van der Waals surface area contributed by atoms with Gasteiger partial charge in [0.2, 0.25) is 0 Å². The highest BCUT2D eigenvalue weighted by molar-refractivity contribution is 6.10. The summed E-state index contributed by atoms with van der Waals surface area (Å²) in [4.78, 5) is 39.6. The summed E-state index contributed by atoms with van der Waals surface area (Å²) in [6.45, 7) is 3.94. The van der Waals surface area contributed by atoms with Crippen LogP contribution in [0.25, 0.3) is 0 Å². The van der Waals surface area contributed by atoms with E-state index < -0.39 is 11.9 Å². The van der Waals surface area contributed by atoms with Gasteiger partial charge in [0.1, 0.15) is 12.4 Å². The number of benzene rings is 2. The predicted molar refractivity (Wildman–Crippen MR) is 119 cm³/mol. The minimum absolute atomic E-state index is 0.0194. The summed E-state index contributed by atoms with van der Waals surface area (Å²) in [5, 5.41) is 2.96. The summed E-state index contributed by atoms with van der Waals surface area (Å²) in [5.41, 5.74) is 2.41. The number of carbonyl (C=O) groups is 3. The number of nitrogens with one attached hydrogen (secondary N) is 1. The number of nitrogens with zero attached hydrogens (tertiary/aromatic N) is 1. The molecule has 1 heterocycles. The molecule has 0 radical (unpaired) electrons. The molecule has 0 atom stereocenters. The first-order valence-electron chi connectivity index (χ1n) is 10.1. The van der Waals surface area contributed by atoms with Crippen molar-refractivity contribution in [3.05, 3.63) is 70.9 Å². The number of carbonyl (C=O) groups excluding carboxylic acids is 3. The van der Waals surface area contributed by atoms with Crippen LogP contribution in [0.4, 0.5) is 11.4 Å². The molecule has 0 aliphatic carbocycles. The molecule has 2 aromatic carbocycles. The van der Waals surface area contributed by atoms with Crippen LogP contribution in [0.1, 0.15) is 35.7 Å². The van der Waals surface area contributed by atoms with Crippen molar-refractivity contribution in [2.45, 2.75) is 19.8 Å². The van der Waals surface area contributed by atoms with Gasteiger partial charge >= 0.3 is 11.9 Å². The average Bonchev–Trinajstić information content (AvgIpc) is 2.82. The van der Waals surface area contributed by atoms with Gasteiger partial charge in [-0.1, -0.05) is 44.2 Å². The molecular weight excluding hydrogens is 412 g/mol. The van der Waals surface area contributed by atoms with Gasteiger partial charge in [-0.3, -0.25) is 4.79 Å². The zero-order chi connectivity index (χ0) is 23.3. The Morgan fingerprint density at radius 2 is 1.62 bits per heavy atom. The fraction of sp³-hybridized carbons (Fsp3) is 0.292. The lowest BCUT2D eigenvalue weighted by Gasteiger charge is -2.32. The molecule has 0 saturated heterocycles. The maximum atomic E-state index is 13.3. The van der Waals surface area contributed by atoms with Gasteiger partial charge in [-0.25, -0.2) is 9.59 Å². The summed E-state index contributed by atoms with van der Waals surface area (Å²) < 4.78 is 15.2. The van der Waals surface area contributed by atoms with Gasteiger partial charge in [0.25, 0.3) is 5.91 Å². The second kappa shape index (κ2) is 10.1. The summed E-state index contributed by atoms with van der Waals surface area (Å²) in [5.74, 6) is -1.58. The van der Waals surface area contributed by atoms with Gasteiger partial charge in [-0.15, -0.1) is 0 Å². The molecule has 168 valence electrons. The first-order chi connectivity index (χ1) is 15.4. The molecule has 8 heteroatoms. The molecule has 0 saturated carbocycles. The van der Waals surface area contributed by atoms with E-state index in [9.17, 15) is 14.4 Å². The molecule has 1 N–H and O–H groups in total. The molecule has 8 nitrogen and oxygen atoms in total. The monoisotopic (exact) mass is 438 g/mol. The highest BCUT2D eigenvalue weighted by Gasteiger charge is 2.34. The average molecular weight is 438 g/mol. The van der Waals surface area contributed by atoms with Crippen molar-refractivity contribution in [3.63, 3.8) is 0 Å². The quantitative estimate of drug-likeness (QED) is 0.690. The Kier molecular flexibility index (Phi) is 7.27. The number of hydrogen-bond acceptors (Lipinski definition) is 7. The molecule has 0 aromatic heterocycles. The van der Waals surface area contributed by atoms with E-state index in [-0.39, 0.29) is 36.4 Å². The Morgan fingerprint density at radius 1 is 0.969 bits per heavy atom. The lowest BCUT2D eigenvalue weighted by molar-refractivity contribution is -0.140. The minimum atomic E-state index is -0.728. The molecule has 0 spiro atoms. The third kappa shape index (κ3) is 4.65. The Hall–Kier alpha value is -3.65. The summed E-state index contributed by atoms with van der Waals surface area (Å²) in [6, 6.07) is 14.4. The number of amides is 1. The van der Waals surface area contributed by atoms with Crippen LogP contribution in [0.15, 0.2) is 59.8 Å². The maximum absolute atomic E-state index is 13.3. The fourth-order valence-electron chi connectivity index (χ4n) is 3.54. The van der Waals surface area contributed by atoms with Gasteiger partial charge in [0.15, 0.2) is 0 Å². The molecule has 0 unspecified atom stereocenters. The van der Waals surface area contributed by atoms with Gasteiger partial charge < -0.3 is 24.4 Å². The van der Waals surface area contributed by atoms with E-state index in [1.54, 1.807) is 24.3 Å². The summed E-state index contributed by atoms with van der Waals surface area (Å²) in [6.07, 6.45) is 0. The highest BCUT2D eigenvalue weighted by Crippen LogP contribution is 2.31. The third-order valence-corrected chi connectivity index (χ3v) is 5.10. The molecular formula is C24H26N2O6. The van der Waals surface area contributed by atoms with Crippen molar-refractivity contribution in [2.24, 2.45) is 0 Å². The van der Waals surface area contributed by atoms with Crippen molar-refractivity contribution < 1.29 is 28.6 Å². The lowest BCUT2D eigenvalue weighted by atomic mass is 10.0. The number of para-hydroxylation sites is 2. The van der Waals surface area contributed by atoms with Crippen LogP contribution < -0.4 is 10.2 Å². The summed E-state index contributed by atoms with van der Waals surface area (Å²) in [7, 11) is 2.44. The predicted octanol–water partition coefficient (Wildman–Crippen LogP) is 3.46. The van der Waals surface area contributed by atoms with E-state index >= 15 is 0 Å². The van der Waals surface area contributed by atoms with E-state index in [2.05, 4.69) is 5.32 Å². The van der Waals surface area contributed by atoms with Crippen molar-refractivity contribution in [1.29, 1.82) is 0 Å². The normalized spacial score (nSPS) is 13.7. The number of hydrogen-bond donors (Lipinski definition) is 1. The zero-order valence-corrected chi connectivity index (χ0v) is 18.5. The molecule has 32 heavy (non-hydrogen) atoms. The van der Waals surface area contributed by atoms with E-state index in [0.717, 1.165) is 5.56 Å². The van der Waals surface area contributed by atoms with Crippen LogP contribution in [-0.4, -0.2) is 45.4 Å². The lowest BCUT2D eigenvalue weighted by Crippen LogP contribution is -2.39. The number of anilines is 2. The second-order valence-corrected chi connectivity index (χ2v) is 7.43. The SMILES string of the molecule is COC(=O)C1=C(C(=O)OC)N(c2ccccc2C(=O)Nc2ccccc2C(C)C)COC1. The molecule has 3 rings (SSSR count). The molecule has 1 aliphatic heterocycles. The van der Waals surface area contributed by atoms with Crippen LogP contribution in [0.3, 0.4) is 0 Å². The van der Waals surface area contributed by atoms with Gasteiger partial charge in [-0.05, 0) is 29.7 Å². The second-order valence-electron chi connectivity index (χ2n) is 7.43. The van der Waals surface area contributed by atoms with Gasteiger partial charge in [-0.2, -0.15) is 0 Å². The van der Waals surface area contributed by atoms with E-state index in [4.69, 9.17) is 14.2 Å². The van der Waals surface area contributed by atoms with Gasteiger partial charge in [0, 0.05) is 5.69 Å². The summed E-state index contributed by atoms with van der Waals surface area (Å²) >= 11 is 0. The Morgan fingerprint density at radius 3 is 2.31 bits per heavy atom. The van der Waals surface area contributed by atoms with Crippen molar-refractivity contribution in [3.8, 4) is 0 Å². The number of esters is 2. The molecule has 1 amide bonds. The van der Waals surface area contributed by atoms with Crippen LogP contribution in [0.5, 0.6) is 0 Å². The van der Waals surface area contributed by atoms with Crippen LogP contribution >= 0.6 is 0 Å². The van der Waals surface area contributed by atoms with E-state index in [0.29, 0.717) is 16.9 Å². The van der Waals surface area contributed by atoms with Gasteiger partial charge in [0.05, 0.1) is 37.7 Å². The largest absolute Gasteiger partial charge is 0.466 e. The zero-order valence-electron chi connectivity index (χ0n) is 18.5. The standard InChI is InChI=1S/C24H26N2O6/c1-15(2)16-9-5-7-11-19(16)25-22(27)17-10-6-8-12-20(17)26-14-32-13-18(23(28)30-3)21(26)24(29)31-4/h5-12,15H,13-14H2,1-4H3,(H,25,27). The highest BCUT2D eigenvalue weighted by atomic mass is 16.5. The smallest absolute Gasteiger partial charge is 0.355 e. The van der Waals surface area contributed by atoms with Crippen LogP contribution in [-0.2, 0) is 23.8 Å². The van der Waals surface area contributed by atoms with Crippen molar-refractivity contribution in [1.82, 2.24) is 0 Å². The molecule has 0 fully saturated rings.